The number of rotatable bonds is 11. The summed E-state index contributed by atoms with van der Waals surface area (Å²) in [5.41, 5.74) is 6.81. The number of carbonyl (C=O) groups excluding carboxylic acids is 1. The zero-order valence-electron chi connectivity index (χ0n) is 13.8. The Labute approximate surface area is 136 Å². The fourth-order valence-electron chi connectivity index (χ4n) is 1.57. The van der Waals surface area contributed by atoms with Gasteiger partial charge in [-0.1, -0.05) is 12.1 Å². The van der Waals surface area contributed by atoms with Crippen molar-refractivity contribution in [3.8, 4) is 0 Å². The van der Waals surface area contributed by atoms with Gasteiger partial charge >= 0.3 is 5.97 Å². The molecule has 6 nitrogen and oxygen atoms in total. The molecule has 1 aromatic rings. The van der Waals surface area contributed by atoms with Crippen LogP contribution >= 0.6 is 0 Å². The highest BCUT2D eigenvalue weighted by molar-refractivity contribution is 5.89. The largest absolute Gasteiger partial charge is 0.465 e. The summed E-state index contributed by atoms with van der Waals surface area (Å²) in [6.07, 6.45) is 0. The van der Waals surface area contributed by atoms with E-state index in [1.165, 1.54) is 7.11 Å². The Morgan fingerprint density at radius 3 is 2.00 bits per heavy atom. The topological polar surface area (TPSA) is 80.0 Å². The Balaban J connectivity index is 0.00000232. The molecule has 0 bridgehead atoms. The second kappa shape index (κ2) is 15.4. The quantitative estimate of drug-likeness (QED) is 0.490. The minimum Gasteiger partial charge on any atom is -0.465 e. The maximum Gasteiger partial charge on any atom is 0.337 e. The maximum atomic E-state index is 11.3. The van der Waals surface area contributed by atoms with Crippen LogP contribution in [0.3, 0.4) is 0 Å². The van der Waals surface area contributed by atoms with E-state index in [1.54, 1.807) is 12.1 Å². The van der Waals surface area contributed by atoms with Gasteiger partial charge < -0.3 is 24.7 Å². The zero-order valence-corrected chi connectivity index (χ0v) is 13.8. The number of alkyl halides is 1. The van der Waals surface area contributed by atoms with Crippen LogP contribution in [-0.4, -0.2) is 59.8 Å². The van der Waals surface area contributed by atoms with E-state index in [0.29, 0.717) is 58.9 Å². The number of carbonyl (C=O) groups is 1. The molecule has 0 aliphatic carbocycles. The van der Waals surface area contributed by atoms with Crippen molar-refractivity contribution < 1.29 is 28.1 Å². The third kappa shape index (κ3) is 10.8. The van der Waals surface area contributed by atoms with Gasteiger partial charge in [0, 0.05) is 6.54 Å². The molecule has 1 aromatic carbocycles. The summed E-state index contributed by atoms with van der Waals surface area (Å²) in [5, 5.41) is 0. The number of hydrogen-bond acceptors (Lipinski definition) is 6. The van der Waals surface area contributed by atoms with Crippen molar-refractivity contribution in [2.45, 2.75) is 6.61 Å². The second-order valence-electron chi connectivity index (χ2n) is 4.25. The predicted molar refractivity (Wildman–Crippen MR) is 85.2 cm³/mol. The molecule has 0 spiro atoms. The second-order valence-corrected chi connectivity index (χ2v) is 4.25. The zero-order chi connectivity index (χ0) is 17.3. The van der Waals surface area contributed by atoms with Gasteiger partial charge in [-0.25, -0.2) is 4.79 Å². The molecule has 0 heterocycles. The molecule has 1 rings (SSSR count). The Kier molecular flexibility index (Phi) is 14.3. The Morgan fingerprint density at radius 2 is 1.48 bits per heavy atom. The van der Waals surface area contributed by atoms with Crippen molar-refractivity contribution >= 4 is 5.97 Å². The SMILES string of the molecule is CF.COC(=O)c1ccc(COCCOCCOCCN)cc1. The first-order valence-corrected chi connectivity index (χ1v) is 7.26. The van der Waals surface area contributed by atoms with Gasteiger partial charge in [0.15, 0.2) is 0 Å². The highest BCUT2D eigenvalue weighted by Crippen LogP contribution is 2.06. The normalized spacial score (nSPS) is 9.91. The molecule has 0 saturated heterocycles. The summed E-state index contributed by atoms with van der Waals surface area (Å²) in [6, 6.07) is 7.12. The van der Waals surface area contributed by atoms with Gasteiger partial charge in [-0.3, -0.25) is 4.39 Å². The van der Waals surface area contributed by atoms with Crippen LogP contribution in [-0.2, 0) is 25.6 Å². The van der Waals surface area contributed by atoms with E-state index in [-0.39, 0.29) is 5.97 Å². The first-order valence-electron chi connectivity index (χ1n) is 7.26. The van der Waals surface area contributed by atoms with Crippen molar-refractivity contribution in [1.29, 1.82) is 0 Å². The molecule has 0 aromatic heterocycles. The molecule has 0 aliphatic heterocycles. The molecule has 0 amide bonds. The number of benzene rings is 1. The average Bonchev–Trinajstić information content (AvgIpc) is 2.62. The Bertz CT molecular complexity index is 400. The van der Waals surface area contributed by atoms with Crippen LogP contribution in [0.4, 0.5) is 4.39 Å². The van der Waals surface area contributed by atoms with E-state index in [9.17, 15) is 9.18 Å². The van der Waals surface area contributed by atoms with Crippen molar-refractivity contribution in [3.63, 3.8) is 0 Å². The van der Waals surface area contributed by atoms with Gasteiger partial charge in [0.1, 0.15) is 0 Å². The van der Waals surface area contributed by atoms with Crippen molar-refractivity contribution in [2.24, 2.45) is 5.73 Å². The van der Waals surface area contributed by atoms with E-state index in [2.05, 4.69) is 4.74 Å². The molecule has 0 radical (unpaired) electrons. The number of nitrogens with two attached hydrogens (primary N) is 1. The highest BCUT2D eigenvalue weighted by atomic mass is 19.1. The molecule has 132 valence electrons. The summed E-state index contributed by atoms with van der Waals surface area (Å²) in [4.78, 5) is 11.3. The molecule has 0 aliphatic rings. The van der Waals surface area contributed by atoms with Gasteiger partial charge in [0.05, 0.1) is 59.5 Å². The number of hydrogen-bond donors (Lipinski definition) is 1. The van der Waals surface area contributed by atoms with Gasteiger partial charge in [0.25, 0.3) is 0 Å². The molecular formula is C16H26FNO5. The van der Waals surface area contributed by atoms with E-state index < -0.39 is 0 Å². The molecule has 0 fully saturated rings. The molecule has 23 heavy (non-hydrogen) atoms. The van der Waals surface area contributed by atoms with E-state index in [1.807, 2.05) is 12.1 Å². The van der Waals surface area contributed by atoms with Crippen LogP contribution in [0, 0.1) is 0 Å². The van der Waals surface area contributed by atoms with Gasteiger partial charge in [-0.2, -0.15) is 0 Å². The van der Waals surface area contributed by atoms with Crippen LogP contribution in [0.15, 0.2) is 24.3 Å². The first kappa shape index (κ1) is 21.5. The number of ether oxygens (including phenoxy) is 4. The summed E-state index contributed by atoms with van der Waals surface area (Å²) >= 11 is 0. The lowest BCUT2D eigenvalue weighted by Crippen LogP contribution is -2.13. The fraction of sp³-hybridized carbons (Fsp3) is 0.562. The molecule has 0 atom stereocenters. The van der Waals surface area contributed by atoms with Gasteiger partial charge in [-0.05, 0) is 17.7 Å². The van der Waals surface area contributed by atoms with Crippen LogP contribution < -0.4 is 5.73 Å². The van der Waals surface area contributed by atoms with Crippen LogP contribution in [0.25, 0.3) is 0 Å². The Hall–Kier alpha value is -1.54. The monoisotopic (exact) mass is 331 g/mol. The summed E-state index contributed by atoms with van der Waals surface area (Å²) in [5.74, 6) is -0.340. The summed E-state index contributed by atoms with van der Waals surface area (Å²) in [7, 11) is 1.86. The lowest BCUT2D eigenvalue weighted by molar-refractivity contribution is 0.0119. The minimum atomic E-state index is -0.340. The van der Waals surface area contributed by atoms with Crippen LogP contribution in [0.2, 0.25) is 0 Å². The highest BCUT2D eigenvalue weighted by Gasteiger charge is 2.04. The van der Waals surface area contributed by atoms with Crippen molar-refractivity contribution in [3.05, 3.63) is 35.4 Å². The Morgan fingerprint density at radius 1 is 0.957 bits per heavy atom. The number of halogens is 1. The molecule has 0 saturated carbocycles. The molecule has 2 N–H and O–H groups in total. The predicted octanol–water partition coefficient (Wildman–Crippen LogP) is 1.57. The lowest BCUT2D eigenvalue weighted by Gasteiger charge is -2.07. The van der Waals surface area contributed by atoms with Crippen LogP contribution in [0.1, 0.15) is 15.9 Å². The van der Waals surface area contributed by atoms with E-state index in [0.717, 1.165) is 5.56 Å². The standard InChI is InChI=1S/C15H23NO5.CH3F/c1-18-15(17)14-4-2-13(3-5-14)12-21-11-10-20-9-8-19-7-6-16;1-2/h2-5H,6-12,16H2,1H3;1H3. The van der Waals surface area contributed by atoms with Crippen molar-refractivity contribution in [1.82, 2.24) is 0 Å². The van der Waals surface area contributed by atoms with Crippen LogP contribution in [0.5, 0.6) is 0 Å². The summed E-state index contributed by atoms with van der Waals surface area (Å²) in [6.45, 7) is 3.68. The van der Waals surface area contributed by atoms with Crippen molar-refractivity contribution in [2.75, 3.05) is 53.9 Å². The number of esters is 1. The van der Waals surface area contributed by atoms with E-state index in [4.69, 9.17) is 19.9 Å². The maximum absolute atomic E-state index is 11.3. The van der Waals surface area contributed by atoms with E-state index >= 15 is 0 Å². The van der Waals surface area contributed by atoms with Gasteiger partial charge in [0.2, 0.25) is 0 Å². The number of methoxy groups -OCH3 is 1. The first-order chi connectivity index (χ1) is 11.3. The molecule has 0 unspecified atom stereocenters. The third-order valence-electron chi connectivity index (χ3n) is 2.65. The average molecular weight is 331 g/mol. The summed E-state index contributed by atoms with van der Waals surface area (Å²) < 4.78 is 30.1. The third-order valence-corrected chi connectivity index (χ3v) is 2.65. The lowest BCUT2D eigenvalue weighted by atomic mass is 10.1. The minimum absolute atomic E-state index is 0.340. The molecular weight excluding hydrogens is 305 g/mol. The van der Waals surface area contributed by atoms with Gasteiger partial charge in [-0.15, -0.1) is 0 Å². The molecule has 7 heteroatoms. The smallest absolute Gasteiger partial charge is 0.337 e. The fourth-order valence-corrected chi connectivity index (χ4v) is 1.57.